The number of H-pyrrole nitrogens is 1. The molecule has 150 valence electrons. The van der Waals surface area contributed by atoms with Gasteiger partial charge in [-0.2, -0.15) is 0 Å². The van der Waals surface area contributed by atoms with Crippen molar-refractivity contribution in [3.05, 3.63) is 76.1 Å². The Balaban J connectivity index is 1.43. The van der Waals surface area contributed by atoms with E-state index in [-0.39, 0.29) is 23.4 Å². The molecule has 29 heavy (non-hydrogen) atoms. The molecule has 3 rings (SSSR count). The Kier molecular flexibility index (Phi) is 6.63. The number of nitrogens with one attached hydrogen (secondary N) is 3. The minimum atomic E-state index is -0.578. The minimum Gasteiger partial charge on any atom is -0.497 e. The van der Waals surface area contributed by atoms with Gasteiger partial charge in [-0.15, -0.1) is 0 Å². The number of carbonyl (C=O) groups excluding carboxylic acids is 2. The largest absolute Gasteiger partial charge is 0.497 e. The summed E-state index contributed by atoms with van der Waals surface area (Å²) < 4.78 is 5.12. The molecule has 0 unspecified atom stereocenters. The second-order valence-electron chi connectivity index (χ2n) is 6.56. The van der Waals surface area contributed by atoms with Crippen LogP contribution in [0.2, 0.25) is 0 Å². The number of pyridine rings is 1. The fourth-order valence-electron chi connectivity index (χ4n) is 2.97. The van der Waals surface area contributed by atoms with Gasteiger partial charge in [0.25, 0.3) is 5.91 Å². The van der Waals surface area contributed by atoms with Crippen LogP contribution in [0, 0.1) is 0 Å². The number of fused-ring (bicyclic) bond motifs is 1. The lowest BCUT2D eigenvalue weighted by Gasteiger charge is -2.08. The van der Waals surface area contributed by atoms with E-state index in [1.807, 2.05) is 24.3 Å². The van der Waals surface area contributed by atoms with E-state index in [2.05, 4.69) is 15.6 Å². The summed E-state index contributed by atoms with van der Waals surface area (Å²) in [4.78, 5) is 39.5. The number of benzene rings is 2. The van der Waals surface area contributed by atoms with E-state index in [0.717, 1.165) is 24.2 Å². The van der Waals surface area contributed by atoms with Gasteiger partial charge in [-0.3, -0.25) is 14.4 Å². The highest BCUT2D eigenvalue weighted by Crippen LogP contribution is 2.12. The Morgan fingerprint density at radius 2 is 1.79 bits per heavy atom. The van der Waals surface area contributed by atoms with Crippen LogP contribution in [0.25, 0.3) is 10.9 Å². The molecular formula is C22H23N3O4. The highest BCUT2D eigenvalue weighted by atomic mass is 16.5. The first-order valence-corrected chi connectivity index (χ1v) is 9.37. The van der Waals surface area contributed by atoms with E-state index >= 15 is 0 Å². The molecule has 0 saturated carbocycles. The topological polar surface area (TPSA) is 100 Å². The minimum absolute atomic E-state index is 0.0176. The molecule has 0 aliphatic carbocycles. The lowest BCUT2D eigenvalue weighted by Crippen LogP contribution is -2.38. The first-order valence-electron chi connectivity index (χ1n) is 9.37. The van der Waals surface area contributed by atoms with E-state index in [1.165, 1.54) is 6.20 Å². The maximum Gasteiger partial charge on any atom is 0.257 e. The Labute approximate surface area is 168 Å². The quantitative estimate of drug-likeness (QED) is 0.510. The monoisotopic (exact) mass is 393 g/mol. The number of amides is 2. The lowest BCUT2D eigenvalue weighted by molar-refractivity contribution is -0.120. The van der Waals surface area contributed by atoms with Crippen molar-refractivity contribution in [1.82, 2.24) is 15.6 Å². The fourth-order valence-corrected chi connectivity index (χ4v) is 2.97. The van der Waals surface area contributed by atoms with E-state index in [4.69, 9.17) is 4.74 Å². The van der Waals surface area contributed by atoms with E-state index in [0.29, 0.717) is 17.4 Å². The van der Waals surface area contributed by atoms with Crippen LogP contribution in [0.15, 0.2) is 59.5 Å². The molecular weight excluding hydrogens is 370 g/mol. The summed E-state index contributed by atoms with van der Waals surface area (Å²) in [5, 5.41) is 5.69. The summed E-state index contributed by atoms with van der Waals surface area (Å²) in [5.41, 5.74) is 1.43. The summed E-state index contributed by atoms with van der Waals surface area (Å²) in [7, 11) is 1.62. The van der Waals surface area contributed by atoms with E-state index < -0.39 is 5.91 Å². The van der Waals surface area contributed by atoms with Crippen LogP contribution in [0.5, 0.6) is 5.75 Å². The zero-order chi connectivity index (χ0) is 20.6. The number of hydrogen-bond acceptors (Lipinski definition) is 4. The third kappa shape index (κ3) is 5.22. The second kappa shape index (κ2) is 9.54. The molecule has 0 radical (unpaired) electrons. The SMILES string of the molecule is COc1ccc(CCCNC(=O)CNC(=O)c2c[nH]c3ccccc3c2=O)cc1. The Morgan fingerprint density at radius 3 is 2.55 bits per heavy atom. The van der Waals surface area contributed by atoms with Crippen molar-refractivity contribution in [2.24, 2.45) is 0 Å². The summed E-state index contributed by atoms with van der Waals surface area (Å²) in [6.07, 6.45) is 2.96. The average Bonchev–Trinajstić information content (AvgIpc) is 2.76. The zero-order valence-corrected chi connectivity index (χ0v) is 16.2. The van der Waals surface area contributed by atoms with Crippen LogP contribution in [-0.4, -0.2) is 37.0 Å². The summed E-state index contributed by atoms with van der Waals surface area (Å²) in [6.45, 7) is 0.310. The number of carbonyl (C=O) groups is 2. The van der Waals surface area contributed by atoms with Crippen molar-refractivity contribution in [3.63, 3.8) is 0 Å². The highest BCUT2D eigenvalue weighted by Gasteiger charge is 2.13. The highest BCUT2D eigenvalue weighted by molar-refractivity contribution is 5.98. The van der Waals surface area contributed by atoms with Gasteiger partial charge < -0.3 is 20.4 Å². The molecule has 0 bridgehead atoms. The van der Waals surface area contributed by atoms with Crippen LogP contribution < -0.4 is 20.8 Å². The third-order valence-corrected chi connectivity index (χ3v) is 4.57. The number of para-hydroxylation sites is 1. The zero-order valence-electron chi connectivity index (χ0n) is 16.2. The Morgan fingerprint density at radius 1 is 1.03 bits per heavy atom. The molecule has 0 spiro atoms. The second-order valence-corrected chi connectivity index (χ2v) is 6.56. The smallest absolute Gasteiger partial charge is 0.257 e. The molecule has 2 aromatic carbocycles. The van der Waals surface area contributed by atoms with Gasteiger partial charge in [-0.05, 0) is 42.7 Å². The van der Waals surface area contributed by atoms with Crippen LogP contribution in [-0.2, 0) is 11.2 Å². The van der Waals surface area contributed by atoms with Gasteiger partial charge in [0.2, 0.25) is 11.3 Å². The van der Waals surface area contributed by atoms with Crippen molar-refractivity contribution in [3.8, 4) is 5.75 Å². The van der Waals surface area contributed by atoms with Crippen molar-refractivity contribution >= 4 is 22.7 Å². The van der Waals surface area contributed by atoms with Crippen LogP contribution in [0.1, 0.15) is 22.3 Å². The van der Waals surface area contributed by atoms with Crippen LogP contribution in [0.3, 0.4) is 0 Å². The van der Waals surface area contributed by atoms with Gasteiger partial charge >= 0.3 is 0 Å². The van der Waals surface area contributed by atoms with Crippen LogP contribution >= 0.6 is 0 Å². The molecule has 1 heterocycles. The van der Waals surface area contributed by atoms with Gasteiger partial charge in [0.1, 0.15) is 11.3 Å². The number of ether oxygens (including phenoxy) is 1. The Hall–Kier alpha value is -3.61. The summed E-state index contributed by atoms with van der Waals surface area (Å²) in [5.74, 6) is -0.0706. The normalized spacial score (nSPS) is 10.5. The maximum atomic E-state index is 12.4. The molecule has 1 aromatic heterocycles. The number of rotatable bonds is 8. The van der Waals surface area contributed by atoms with Gasteiger partial charge in [0.15, 0.2) is 0 Å². The molecule has 2 amide bonds. The first-order chi connectivity index (χ1) is 14.1. The lowest BCUT2D eigenvalue weighted by atomic mass is 10.1. The Bertz CT molecular complexity index is 1060. The predicted octanol–water partition coefficient (Wildman–Crippen LogP) is 2.02. The van der Waals surface area contributed by atoms with Gasteiger partial charge in [0.05, 0.1) is 13.7 Å². The predicted molar refractivity (Wildman–Crippen MR) is 111 cm³/mol. The standard InChI is InChI=1S/C22H23N3O4/c1-29-16-10-8-15(9-11-16)5-4-12-23-20(26)14-25-22(28)18-13-24-19-7-3-2-6-17(19)21(18)27/h2-3,6-11,13H,4-5,12,14H2,1H3,(H,23,26)(H,24,27)(H,25,28). The van der Waals surface area contributed by atoms with E-state index in [1.54, 1.807) is 31.4 Å². The van der Waals surface area contributed by atoms with Crippen molar-refractivity contribution in [2.75, 3.05) is 20.2 Å². The average molecular weight is 393 g/mol. The van der Waals surface area contributed by atoms with Crippen LogP contribution in [0.4, 0.5) is 0 Å². The number of aromatic amines is 1. The summed E-state index contributed by atoms with van der Waals surface area (Å²) >= 11 is 0. The van der Waals surface area contributed by atoms with E-state index in [9.17, 15) is 14.4 Å². The molecule has 0 saturated heterocycles. The number of aryl methyl sites for hydroxylation is 1. The van der Waals surface area contributed by atoms with Crippen molar-refractivity contribution < 1.29 is 14.3 Å². The van der Waals surface area contributed by atoms with Gasteiger partial charge in [0, 0.05) is 23.6 Å². The molecule has 3 N–H and O–H groups in total. The molecule has 0 atom stereocenters. The molecule has 7 nitrogen and oxygen atoms in total. The molecule has 7 heteroatoms. The fraction of sp³-hybridized carbons (Fsp3) is 0.227. The van der Waals surface area contributed by atoms with Gasteiger partial charge in [-0.1, -0.05) is 24.3 Å². The summed E-state index contributed by atoms with van der Waals surface area (Å²) in [6, 6.07) is 14.7. The number of methoxy groups -OCH3 is 1. The molecule has 0 aliphatic rings. The molecule has 0 aliphatic heterocycles. The molecule has 3 aromatic rings. The first kappa shape index (κ1) is 20.1. The third-order valence-electron chi connectivity index (χ3n) is 4.57. The molecule has 0 fully saturated rings. The number of hydrogen-bond donors (Lipinski definition) is 3. The maximum absolute atomic E-state index is 12.4. The number of aromatic nitrogens is 1. The van der Waals surface area contributed by atoms with Crippen molar-refractivity contribution in [1.29, 1.82) is 0 Å². The van der Waals surface area contributed by atoms with Crippen molar-refractivity contribution in [2.45, 2.75) is 12.8 Å². The van der Waals surface area contributed by atoms with Gasteiger partial charge in [-0.25, -0.2) is 0 Å².